The number of rotatable bonds is 4. The second-order valence-electron chi connectivity index (χ2n) is 7.97. The first-order chi connectivity index (χ1) is 14.0. The highest BCUT2D eigenvalue weighted by Crippen LogP contribution is 2.25. The number of aromatic nitrogens is 1. The minimum Gasteiger partial charge on any atom is -0.367 e. The second kappa shape index (κ2) is 8.19. The van der Waals surface area contributed by atoms with Gasteiger partial charge in [0.1, 0.15) is 11.6 Å². The van der Waals surface area contributed by atoms with Gasteiger partial charge in [-0.15, -0.1) is 0 Å². The minimum atomic E-state index is -0.286. The number of fused-ring (bicyclic) bond motifs is 1. The van der Waals surface area contributed by atoms with Crippen molar-refractivity contribution in [2.45, 2.75) is 51.6 Å². The predicted molar refractivity (Wildman–Crippen MR) is 115 cm³/mol. The average molecular weight is 391 g/mol. The first-order valence-corrected chi connectivity index (χ1v) is 10.2. The Bertz CT molecular complexity index is 1040. The fourth-order valence-corrected chi connectivity index (χ4v) is 4.07. The van der Waals surface area contributed by atoms with Crippen LogP contribution in [0.3, 0.4) is 0 Å². The molecule has 0 aliphatic heterocycles. The third-order valence-electron chi connectivity index (χ3n) is 5.76. The monoisotopic (exact) mass is 391 g/mol. The van der Waals surface area contributed by atoms with E-state index in [-0.39, 0.29) is 17.8 Å². The van der Waals surface area contributed by atoms with Gasteiger partial charge >= 0.3 is 0 Å². The summed E-state index contributed by atoms with van der Waals surface area (Å²) >= 11 is 0. The third-order valence-corrected chi connectivity index (χ3v) is 5.76. The van der Waals surface area contributed by atoms with E-state index in [1.807, 2.05) is 18.2 Å². The van der Waals surface area contributed by atoms with Crippen molar-refractivity contribution >= 4 is 22.6 Å². The number of amides is 1. The number of nitrogens with zero attached hydrogens (tertiary/aromatic N) is 1. The minimum absolute atomic E-state index is 0.128. The quantitative estimate of drug-likeness (QED) is 0.647. The molecule has 1 heterocycles. The Morgan fingerprint density at radius 3 is 2.45 bits per heavy atom. The number of anilines is 1. The van der Waals surface area contributed by atoms with Crippen LogP contribution >= 0.6 is 0 Å². The molecule has 0 spiro atoms. The Hall–Kier alpha value is -2.95. The van der Waals surface area contributed by atoms with Crippen LogP contribution in [0.1, 0.15) is 47.2 Å². The molecule has 0 saturated heterocycles. The molecule has 1 saturated carbocycles. The van der Waals surface area contributed by atoms with Gasteiger partial charge in [0, 0.05) is 23.0 Å². The van der Waals surface area contributed by atoms with E-state index >= 15 is 0 Å². The number of benzene rings is 2. The average Bonchev–Trinajstić information content (AvgIpc) is 2.71. The molecule has 150 valence electrons. The molecule has 1 aliphatic carbocycles. The van der Waals surface area contributed by atoms with Gasteiger partial charge in [-0.1, -0.05) is 18.2 Å². The van der Waals surface area contributed by atoms with E-state index in [1.54, 1.807) is 19.1 Å². The van der Waals surface area contributed by atoms with Crippen molar-refractivity contribution in [2.75, 3.05) is 5.32 Å². The Morgan fingerprint density at radius 1 is 0.966 bits per heavy atom. The first kappa shape index (κ1) is 19.4. The maximum Gasteiger partial charge on any atom is 0.251 e. The van der Waals surface area contributed by atoms with Crippen molar-refractivity contribution in [3.63, 3.8) is 0 Å². The lowest BCUT2D eigenvalue weighted by Crippen LogP contribution is -2.40. The van der Waals surface area contributed by atoms with Crippen molar-refractivity contribution in [1.82, 2.24) is 10.3 Å². The number of carbonyl (C=O) groups excluding carboxylic acids is 1. The fourth-order valence-electron chi connectivity index (χ4n) is 4.07. The molecule has 1 amide bonds. The zero-order valence-electron chi connectivity index (χ0n) is 16.8. The lowest BCUT2D eigenvalue weighted by atomic mass is 9.91. The molecule has 3 aromatic rings. The van der Waals surface area contributed by atoms with E-state index in [0.717, 1.165) is 37.0 Å². The number of carbonyl (C=O) groups is 1. The zero-order chi connectivity index (χ0) is 20.4. The van der Waals surface area contributed by atoms with Crippen molar-refractivity contribution in [2.24, 2.45) is 0 Å². The van der Waals surface area contributed by atoms with E-state index in [4.69, 9.17) is 4.98 Å². The Labute approximate surface area is 170 Å². The van der Waals surface area contributed by atoms with Crippen molar-refractivity contribution < 1.29 is 9.18 Å². The molecule has 4 nitrogen and oxygen atoms in total. The summed E-state index contributed by atoms with van der Waals surface area (Å²) in [5.41, 5.74) is 3.22. The number of nitrogens with one attached hydrogen (secondary N) is 2. The maximum atomic E-state index is 13.4. The first-order valence-electron chi connectivity index (χ1n) is 10.2. The smallest absolute Gasteiger partial charge is 0.251 e. The van der Waals surface area contributed by atoms with Crippen LogP contribution < -0.4 is 10.6 Å². The second-order valence-corrected chi connectivity index (χ2v) is 7.97. The van der Waals surface area contributed by atoms with Crippen LogP contribution in [0.25, 0.3) is 10.9 Å². The molecule has 1 aromatic heterocycles. The van der Waals surface area contributed by atoms with E-state index in [9.17, 15) is 9.18 Å². The summed E-state index contributed by atoms with van der Waals surface area (Å²) in [6.45, 7) is 3.78. The van der Waals surface area contributed by atoms with Crippen LogP contribution in [-0.2, 0) is 0 Å². The molecule has 5 heteroatoms. The molecule has 0 unspecified atom stereocenters. The van der Waals surface area contributed by atoms with Crippen LogP contribution in [0.4, 0.5) is 10.2 Å². The van der Waals surface area contributed by atoms with Gasteiger partial charge in [-0.3, -0.25) is 4.79 Å². The highest BCUT2D eigenvalue weighted by molar-refractivity contribution is 5.94. The van der Waals surface area contributed by atoms with Gasteiger partial charge in [-0.05, 0) is 81.0 Å². The van der Waals surface area contributed by atoms with Crippen LogP contribution in [-0.4, -0.2) is 23.0 Å². The topological polar surface area (TPSA) is 54.0 Å². The molecule has 0 atom stereocenters. The van der Waals surface area contributed by atoms with Gasteiger partial charge in [0.05, 0.1) is 5.52 Å². The predicted octanol–water partition coefficient (Wildman–Crippen LogP) is 5.14. The van der Waals surface area contributed by atoms with Gasteiger partial charge in [-0.25, -0.2) is 9.37 Å². The summed E-state index contributed by atoms with van der Waals surface area (Å²) in [5.74, 6) is 0.498. The van der Waals surface area contributed by atoms with E-state index in [1.165, 1.54) is 17.0 Å². The number of aryl methyl sites for hydroxylation is 2. The summed E-state index contributed by atoms with van der Waals surface area (Å²) in [6, 6.07) is 15.3. The summed E-state index contributed by atoms with van der Waals surface area (Å²) in [6.07, 6.45) is 3.77. The van der Waals surface area contributed by atoms with Crippen LogP contribution in [0, 0.1) is 19.7 Å². The Balaban J connectivity index is 1.33. The number of para-hydroxylation sites is 1. The molecule has 0 radical (unpaired) electrons. The van der Waals surface area contributed by atoms with Crippen molar-refractivity contribution in [1.29, 1.82) is 0 Å². The Morgan fingerprint density at radius 2 is 1.69 bits per heavy atom. The number of pyridine rings is 1. The molecular formula is C24H26FN3O. The Kier molecular flexibility index (Phi) is 5.47. The number of hydrogen-bond acceptors (Lipinski definition) is 3. The zero-order valence-corrected chi connectivity index (χ0v) is 16.8. The van der Waals surface area contributed by atoms with Crippen molar-refractivity contribution in [3.05, 3.63) is 71.0 Å². The normalized spacial score (nSPS) is 19.1. The molecule has 4 rings (SSSR count). The maximum absolute atomic E-state index is 13.4. The van der Waals surface area contributed by atoms with Crippen LogP contribution in [0.5, 0.6) is 0 Å². The molecular weight excluding hydrogens is 365 g/mol. The summed E-state index contributed by atoms with van der Waals surface area (Å²) in [4.78, 5) is 17.2. The van der Waals surface area contributed by atoms with E-state index in [0.29, 0.717) is 17.2 Å². The fraction of sp³-hybridized carbons (Fsp3) is 0.333. The van der Waals surface area contributed by atoms with E-state index in [2.05, 4.69) is 29.7 Å². The largest absolute Gasteiger partial charge is 0.367 e. The highest BCUT2D eigenvalue weighted by atomic mass is 19.1. The lowest BCUT2D eigenvalue weighted by molar-refractivity contribution is 0.0926. The number of halogens is 1. The standard InChI is InChI=1S/C24H26FN3O/c1-15-14-23(28-22-6-4-3-5-20(15)22)26-18-8-10-19(11-9-18)27-24(29)17-7-12-21(25)16(2)13-17/h3-7,12-14,18-19H,8-11H2,1-2H3,(H,26,28)(H,27,29)/t18-,19+. The van der Waals surface area contributed by atoms with Gasteiger partial charge in [0.15, 0.2) is 0 Å². The third kappa shape index (κ3) is 4.39. The molecule has 1 fully saturated rings. The van der Waals surface area contributed by atoms with Gasteiger partial charge < -0.3 is 10.6 Å². The number of hydrogen-bond donors (Lipinski definition) is 2. The van der Waals surface area contributed by atoms with Crippen LogP contribution in [0.2, 0.25) is 0 Å². The highest BCUT2D eigenvalue weighted by Gasteiger charge is 2.23. The van der Waals surface area contributed by atoms with Crippen molar-refractivity contribution in [3.8, 4) is 0 Å². The summed E-state index contributed by atoms with van der Waals surface area (Å²) in [7, 11) is 0. The van der Waals surface area contributed by atoms with Gasteiger partial charge in [0.25, 0.3) is 5.91 Å². The SMILES string of the molecule is Cc1cc(C(=O)N[C@H]2CC[C@@H](Nc3cc(C)c4ccccc4n3)CC2)ccc1F. The molecule has 2 aromatic carbocycles. The molecule has 2 N–H and O–H groups in total. The van der Waals surface area contributed by atoms with E-state index < -0.39 is 0 Å². The van der Waals surface area contributed by atoms with Crippen LogP contribution in [0.15, 0.2) is 48.5 Å². The molecule has 29 heavy (non-hydrogen) atoms. The van der Waals surface area contributed by atoms with Gasteiger partial charge in [0.2, 0.25) is 0 Å². The molecule has 0 bridgehead atoms. The summed E-state index contributed by atoms with van der Waals surface area (Å²) in [5, 5.41) is 7.84. The summed E-state index contributed by atoms with van der Waals surface area (Å²) < 4.78 is 13.4. The lowest BCUT2D eigenvalue weighted by Gasteiger charge is -2.30. The van der Waals surface area contributed by atoms with Gasteiger partial charge in [-0.2, -0.15) is 0 Å². The molecule has 1 aliphatic rings.